The number of carbonyl (C=O) groups is 2. The summed E-state index contributed by atoms with van der Waals surface area (Å²) in [6.45, 7) is 7.43. The number of carbonyl (C=O) groups excluding carboxylic acids is 2. The van der Waals surface area contributed by atoms with Crippen molar-refractivity contribution in [1.82, 2.24) is 30.3 Å². The first kappa shape index (κ1) is 27.0. The van der Waals surface area contributed by atoms with Crippen molar-refractivity contribution in [2.24, 2.45) is 11.8 Å². The molecule has 3 amide bonds. The molecule has 0 saturated carbocycles. The van der Waals surface area contributed by atoms with Crippen LogP contribution in [-0.2, 0) is 30.5 Å². The van der Waals surface area contributed by atoms with Gasteiger partial charge in [-0.15, -0.1) is 10.2 Å². The minimum atomic E-state index is -4.46. The van der Waals surface area contributed by atoms with E-state index in [9.17, 15) is 22.8 Å². The molecule has 0 radical (unpaired) electrons. The van der Waals surface area contributed by atoms with Gasteiger partial charge in [0.25, 0.3) is 0 Å². The number of piperidine rings is 1. The van der Waals surface area contributed by atoms with Crippen LogP contribution in [0.1, 0.15) is 56.4 Å². The summed E-state index contributed by atoms with van der Waals surface area (Å²) in [6.07, 6.45) is 1.37. The summed E-state index contributed by atoms with van der Waals surface area (Å²) in [4.78, 5) is 28.2. The number of nitrogens with zero attached hydrogens (tertiary/aromatic N) is 4. The lowest BCUT2D eigenvalue weighted by Crippen LogP contribution is -2.53. The summed E-state index contributed by atoms with van der Waals surface area (Å²) < 4.78 is 42.4. The molecule has 8 nitrogen and oxygen atoms in total. The third-order valence-electron chi connectivity index (χ3n) is 7.45. The summed E-state index contributed by atoms with van der Waals surface area (Å²) >= 11 is 0. The second kappa shape index (κ2) is 10.2. The Hall–Kier alpha value is -3.63. The average Bonchev–Trinajstić information content (AvgIpc) is 3.49. The van der Waals surface area contributed by atoms with Crippen LogP contribution >= 0.6 is 0 Å². The Bertz CT molecular complexity index is 1340. The number of nitrogens with one attached hydrogen (secondary N) is 2. The minimum absolute atomic E-state index is 0.217. The molecular weight excluding hydrogens is 509 g/mol. The number of amides is 3. The first-order valence-electron chi connectivity index (χ1n) is 13.3. The maximum Gasteiger partial charge on any atom is 0.416 e. The maximum absolute atomic E-state index is 13.5. The third-order valence-corrected chi connectivity index (χ3v) is 7.45. The minimum Gasteiger partial charge on any atom is -0.348 e. The molecule has 2 aromatic rings. The van der Waals surface area contributed by atoms with Crippen LogP contribution in [0.3, 0.4) is 0 Å². The van der Waals surface area contributed by atoms with Gasteiger partial charge in [0, 0.05) is 37.5 Å². The molecule has 2 aliphatic heterocycles. The summed E-state index contributed by atoms with van der Waals surface area (Å²) in [5.74, 6) is 0.445. The molecule has 2 atom stereocenters. The van der Waals surface area contributed by atoms with E-state index in [4.69, 9.17) is 0 Å². The lowest BCUT2D eigenvalue weighted by Gasteiger charge is -2.41. The molecule has 208 valence electrons. The fourth-order valence-corrected chi connectivity index (χ4v) is 5.61. The number of urea groups is 1. The number of benzene rings is 1. The topological polar surface area (TPSA) is 92.2 Å². The molecule has 0 spiro atoms. The Kier molecular flexibility index (Phi) is 7.02. The van der Waals surface area contributed by atoms with E-state index in [-0.39, 0.29) is 30.9 Å². The van der Waals surface area contributed by atoms with Crippen LogP contribution in [-0.4, -0.2) is 50.2 Å². The van der Waals surface area contributed by atoms with Crippen molar-refractivity contribution in [3.8, 4) is 0 Å². The van der Waals surface area contributed by atoms with Crippen LogP contribution in [0.25, 0.3) is 5.57 Å². The fourth-order valence-electron chi connectivity index (χ4n) is 5.61. The number of aryl methyl sites for hydroxylation is 1. The Morgan fingerprint density at radius 2 is 1.90 bits per heavy atom. The summed E-state index contributed by atoms with van der Waals surface area (Å²) in [5.41, 5.74) is 0.867. The van der Waals surface area contributed by atoms with Gasteiger partial charge in [0.05, 0.1) is 18.0 Å². The van der Waals surface area contributed by atoms with Gasteiger partial charge in [-0.25, -0.2) is 4.79 Å². The summed E-state index contributed by atoms with van der Waals surface area (Å²) in [5, 5.41) is 14.3. The number of alkyl halides is 3. The molecule has 1 aromatic carbocycles. The monoisotopic (exact) mass is 542 g/mol. The Morgan fingerprint density at radius 3 is 2.64 bits per heavy atom. The normalized spacial score (nSPS) is 21.0. The molecule has 0 bridgehead atoms. The number of likely N-dealkylation sites (tertiary alicyclic amines) is 1. The van der Waals surface area contributed by atoms with E-state index in [1.807, 2.05) is 25.3 Å². The van der Waals surface area contributed by atoms with E-state index in [0.29, 0.717) is 29.9 Å². The maximum atomic E-state index is 13.5. The zero-order valence-corrected chi connectivity index (χ0v) is 22.3. The number of aromatic nitrogens is 3. The summed E-state index contributed by atoms with van der Waals surface area (Å²) in [6, 6.07) is 5.03. The highest BCUT2D eigenvalue weighted by Crippen LogP contribution is 2.41. The van der Waals surface area contributed by atoms with Crippen molar-refractivity contribution in [1.29, 1.82) is 0 Å². The van der Waals surface area contributed by atoms with Crippen molar-refractivity contribution in [3.05, 3.63) is 64.8 Å². The zero-order chi connectivity index (χ0) is 27.9. The predicted molar refractivity (Wildman–Crippen MR) is 139 cm³/mol. The quantitative estimate of drug-likeness (QED) is 0.602. The lowest BCUT2D eigenvalue weighted by molar-refractivity contribution is -0.137. The molecule has 2 unspecified atom stereocenters. The molecule has 2 N–H and O–H groups in total. The van der Waals surface area contributed by atoms with Gasteiger partial charge >= 0.3 is 12.2 Å². The largest absolute Gasteiger partial charge is 0.416 e. The fraction of sp³-hybridized carbons (Fsp3) is 0.500. The van der Waals surface area contributed by atoms with Crippen LogP contribution in [0.2, 0.25) is 0 Å². The van der Waals surface area contributed by atoms with E-state index < -0.39 is 23.2 Å². The molecule has 3 aliphatic rings. The van der Waals surface area contributed by atoms with Gasteiger partial charge in [0.2, 0.25) is 5.91 Å². The molecule has 1 aromatic heterocycles. The van der Waals surface area contributed by atoms with Gasteiger partial charge in [0.1, 0.15) is 5.82 Å². The first-order chi connectivity index (χ1) is 18.4. The number of fused-ring (bicyclic) bond motifs is 2. The second-order valence-electron chi connectivity index (χ2n) is 11.4. The van der Waals surface area contributed by atoms with Crippen LogP contribution in [0, 0.1) is 11.8 Å². The van der Waals surface area contributed by atoms with Crippen molar-refractivity contribution < 1.29 is 22.8 Å². The van der Waals surface area contributed by atoms with Crippen LogP contribution in [0.5, 0.6) is 0 Å². The third kappa shape index (κ3) is 5.72. The molecule has 1 fully saturated rings. The van der Waals surface area contributed by atoms with Crippen LogP contribution < -0.4 is 10.6 Å². The predicted octanol–water partition coefficient (Wildman–Crippen LogP) is 4.33. The lowest BCUT2D eigenvalue weighted by atomic mass is 9.73. The SMILES string of the molecule is CC(C)(C)NC(=O)N1CCC2=C(c3cccc(C(F)(F)F)c3)C=CC(C(=O)NCc3nnc4n3CCC4)C2C1. The number of halogens is 3. The van der Waals surface area contributed by atoms with E-state index in [2.05, 4.69) is 20.8 Å². The van der Waals surface area contributed by atoms with E-state index >= 15 is 0 Å². The van der Waals surface area contributed by atoms with Gasteiger partial charge < -0.3 is 20.1 Å². The Morgan fingerprint density at radius 1 is 1.10 bits per heavy atom. The van der Waals surface area contributed by atoms with E-state index in [0.717, 1.165) is 42.9 Å². The smallest absolute Gasteiger partial charge is 0.348 e. The van der Waals surface area contributed by atoms with E-state index in [1.54, 1.807) is 23.1 Å². The van der Waals surface area contributed by atoms with Gasteiger partial charge in [-0.05, 0) is 56.9 Å². The first-order valence-corrected chi connectivity index (χ1v) is 13.3. The number of hydrogen-bond donors (Lipinski definition) is 2. The highest BCUT2D eigenvalue weighted by atomic mass is 19.4. The molecule has 1 saturated heterocycles. The van der Waals surface area contributed by atoms with Crippen molar-refractivity contribution in [2.75, 3.05) is 13.1 Å². The average molecular weight is 543 g/mol. The Balaban J connectivity index is 1.42. The van der Waals surface area contributed by atoms with Crippen molar-refractivity contribution in [2.45, 2.75) is 64.8 Å². The molecule has 11 heteroatoms. The molecular formula is C28H33F3N6O2. The van der Waals surface area contributed by atoms with Gasteiger partial charge in [-0.1, -0.05) is 29.9 Å². The van der Waals surface area contributed by atoms with Crippen molar-refractivity contribution >= 4 is 17.5 Å². The summed E-state index contributed by atoms with van der Waals surface area (Å²) in [7, 11) is 0. The van der Waals surface area contributed by atoms with Gasteiger partial charge in [-0.2, -0.15) is 13.2 Å². The van der Waals surface area contributed by atoms with Crippen molar-refractivity contribution in [3.63, 3.8) is 0 Å². The molecule has 1 aliphatic carbocycles. The number of hydrogen-bond acceptors (Lipinski definition) is 4. The Labute approximate surface area is 225 Å². The van der Waals surface area contributed by atoms with Gasteiger partial charge in [-0.3, -0.25) is 4.79 Å². The van der Waals surface area contributed by atoms with Crippen LogP contribution in [0.15, 0.2) is 42.0 Å². The zero-order valence-electron chi connectivity index (χ0n) is 22.3. The highest BCUT2D eigenvalue weighted by Gasteiger charge is 2.39. The molecule has 39 heavy (non-hydrogen) atoms. The van der Waals surface area contributed by atoms with Crippen LogP contribution in [0.4, 0.5) is 18.0 Å². The number of rotatable bonds is 4. The molecule has 3 heterocycles. The standard InChI is InChI=1S/C28H33F3N6O2/c1-27(2,3)33-26(39)36-13-11-20-19(17-6-4-7-18(14-17)28(29,30)31)9-10-21(22(20)16-36)25(38)32-15-24-35-34-23-8-5-12-37(23)24/h4,6-7,9-10,14,21-22H,5,8,11-13,15-16H2,1-3H3,(H,32,38)(H,33,39). The number of allylic oxidation sites excluding steroid dienone is 2. The molecule has 5 rings (SSSR count). The van der Waals surface area contributed by atoms with Gasteiger partial charge in [0.15, 0.2) is 5.82 Å². The van der Waals surface area contributed by atoms with E-state index in [1.165, 1.54) is 6.07 Å². The highest BCUT2D eigenvalue weighted by molar-refractivity contribution is 5.87. The second-order valence-corrected chi connectivity index (χ2v) is 11.4.